The minimum Gasteiger partial charge on any atom is -0.349 e. The molecule has 1 aliphatic carbocycles. The molecule has 1 aromatic carbocycles. The molecular formula is C12H16N2O. The summed E-state index contributed by atoms with van der Waals surface area (Å²) in [5.74, 6) is 0.0733. The van der Waals surface area contributed by atoms with Gasteiger partial charge in [0.1, 0.15) is 0 Å². The minimum absolute atomic E-state index is 0.0733. The quantitative estimate of drug-likeness (QED) is 0.763. The van der Waals surface area contributed by atoms with Gasteiger partial charge in [-0.2, -0.15) is 0 Å². The van der Waals surface area contributed by atoms with Crippen molar-refractivity contribution in [3.8, 4) is 0 Å². The van der Waals surface area contributed by atoms with Crippen molar-refractivity contribution in [2.45, 2.75) is 24.8 Å². The predicted molar refractivity (Wildman–Crippen MR) is 59.3 cm³/mol. The first-order valence-corrected chi connectivity index (χ1v) is 5.29. The van der Waals surface area contributed by atoms with Gasteiger partial charge in [0, 0.05) is 6.54 Å². The number of benzene rings is 1. The molecule has 1 aromatic rings. The lowest BCUT2D eigenvalue weighted by Gasteiger charge is -2.14. The molecule has 0 aromatic heterocycles. The Kier molecular flexibility index (Phi) is 2.73. The van der Waals surface area contributed by atoms with Crippen molar-refractivity contribution in [2.75, 3.05) is 6.54 Å². The smallest absolute Gasteiger partial charge is 0.224 e. The zero-order valence-corrected chi connectivity index (χ0v) is 8.70. The van der Waals surface area contributed by atoms with Crippen LogP contribution in [0.1, 0.15) is 18.4 Å². The van der Waals surface area contributed by atoms with Gasteiger partial charge in [-0.1, -0.05) is 30.3 Å². The number of hydrogen-bond acceptors (Lipinski definition) is 2. The van der Waals surface area contributed by atoms with E-state index >= 15 is 0 Å². The Morgan fingerprint density at radius 2 is 2.00 bits per heavy atom. The number of carbonyl (C=O) groups excluding carboxylic acids is 1. The second kappa shape index (κ2) is 4.03. The van der Waals surface area contributed by atoms with Crippen LogP contribution in [0.5, 0.6) is 0 Å². The van der Waals surface area contributed by atoms with E-state index in [2.05, 4.69) is 5.32 Å². The van der Waals surface area contributed by atoms with E-state index in [1.165, 1.54) is 0 Å². The van der Waals surface area contributed by atoms with Gasteiger partial charge >= 0.3 is 0 Å². The summed E-state index contributed by atoms with van der Waals surface area (Å²) >= 11 is 0. The molecule has 0 bridgehead atoms. The molecule has 1 amide bonds. The summed E-state index contributed by atoms with van der Waals surface area (Å²) in [5.41, 5.74) is 6.56. The molecule has 15 heavy (non-hydrogen) atoms. The summed E-state index contributed by atoms with van der Waals surface area (Å²) < 4.78 is 0. The Morgan fingerprint density at radius 3 is 2.53 bits per heavy atom. The van der Waals surface area contributed by atoms with E-state index in [4.69, 9.17) is 5.73 Å². The Labute approximate surface area is 89.7 Å². The number of rotatable bonds is 4. The molecule has 0 atom stereocenters. The normalized spacial score (nSPS) is 17.1. The molecular weight excluding hydrogens is 188 g/mol. The fraction of sp³-hybridized carbons (Fsp3) is 0.417. The summed E-state index contributed by atoms with van der Waals surface area (Å²) in [6.07, 6.45) is 2.48. The van der Waals surface area contributed by atoms with Crippen molar-refractivity contribution in [1.82, 2.24) is 5.32 Å². The Hall–Kier alpha value is -1.35. The number of carbonyl (C=O) groups is 1. The van der Waals surface area contributed by atoms with Gasteiger partial charge in [-0.3, -0.25) is 4.79 Å². The third-order valence-electron chi connectivity index (χ3n) is 2.86. The summed E-state index contributed by atoms with van der Waals surface area (Å²) in [6.45, 7) is 0.549. The molecule has 0 aliphatic heterocycles. The van der Waals surface area contributed by atoms with Gasteiger partial charge in [0.2, 0.25) is 5.91 Å². The van der Waals surface area contributed by atoms with Crippen molar-refractivity contribution in [3.63, 3.8) is 0 Å². The molecule has 0 unspecified atom stereocenters. The highest BCUT2D eigenvalue weighted by Gasteiger charge is 2.42. The second-order valence-corrected chi connectivity index (χ2v) is 4.20. The third-order valence-corrected chi connectivity index (χ3v) is 2.86. The van der Waals surface area contributed by atoms with E-state index in [9.17, 15) is 4.79 Å². The number of hydrogen-bond donors (Lipinski definition) is 2. The van der Waals surface area contributed by atoms with E-state index in [0.29, 0.717) is 13.0 Å². The monoisotopic (exact) mass is 204 g/mol. The number of nitrogens with two attached hydrogens (primary N) is 1. The predicted octanol–water partition coefficient (Wildman–Crippen LogP) is 0.837. The van der Waals surface area contributed by atoms with Gasteiger partial charge in [0.25, 0.3) is 0 Å². The van der Waals surface area contributed by atoms with Crippen LogP contribution < -0.4 is 11.1 Å². The van der Waals surface area contributed by atoms with E-state index in [0.717, 1.165) is 18.4 Å². The highest BCUT2D eigenvalue weighted by molar-refractivity contribution is 5.79. The molecule has 1 saturated carbocycles. The molecule has 0 radical (unpaired) electrons. The van der Waals surface area contributed by atoms with Crippen LogP contribution in [0.3, 0.4) is 0 Å². The highest BCUT2D eigenvalue weighted by atomic mass is 16.1. The van der Waals surface area contributed by atoms with Gasteiger partial charge < -0.3 is 11.1 Å². The number of nitrogens with one attached hydrogen (secondary N) is 1. The molecule has 3 nitrogen and oxygen atoms in total. The Morgan fingerprint density at radius 1 is 1.33 bits per heavy atom. The molecule has 2 rings (SSSR count). The molecule has 0 heterocycles. The van der Waals surface area contributed by atoms with Crippen LogP contribution in [-0.4, -0.2) is 18.0 Å². The maximum atomic E-state index is 11.7. The lowest BCUT2D eigenvalue weighted by atomic mass is 10.1. The van der Waals surface area contributed by atoms with Crippen molar-refractivity contribution in [1.29, 1.82) is 0 Å². The molecule has 3 heteroatoms. The van der Waals surface area contributed by atoms with Crippen LogP contribution in [-0.2, 0) is 11.2 Å². The maximum Gasteiger partial charge on any atom is 0.224 e. The van der Waals surface area contributed by atoms with E-state index < -0.39 is 0 Å². The van der Waals surface area contributed by atoms with Gasteiger partial charge in [-0.25, -0.2) is 0 Å². The summed E-state index contributed by atoms with van der Waals surface area (Å²) in [4.78, 5) is 11.7. The summed E-state index contributed by atoms with van der Waals surface area (Å²) in [6, 6.07) is 9.75. The van der Waals surface area contributed by atoms with E-state index in [1.54, 1.807) is 0 Å². The largest absolute Gasteiger partial charge is 0.349 e. The van der Waals surface area contributed by atoms with Crippen LogP contribution in [0.2, 0.25) is 0 Å². The number of amides is 1. The SMILES string of the molecule is NCC1(NC(=O)Cc2ccccc2)CC1. The average Bonchev–Trinajstić information content (AvgIpc) is 3.00. The maximum absolute atomic E-state index is 11.7. The van der Waals surface area contributed by atoms with Gasteiger partial charge in [0.05, 0.1) is 12.0 Å². The van der Waals surface area contributed by atoms with Crippen LogP contribution in [0.4, 0.5) is 0 Å². The van der Waals surface area contributed by atoms with Gasteiger partial charge in [-0.15, -0.1) is 0 Å². The standard InChI is InChI=1S/C12H16N2O/c13-9-12(6-7-12)14-11(15)8-10-4-2-1-3-5-10/h1-5H,6-9,13H2,(H,14,15). The summed E-state index contributed by atoms with van der Waals surface area (Å²) in [7, 11) is 0. The van der Waals surface area contributed by atoms with Crippen LogP contribution in [0.15, 0.2) is 30.3 Å². The summed E-state index contributed by atoms with van der Waals surface area (Å²) in [5, 5.41) is 3.00. The average molecular weight is 204 g/mol. The lowest BCUT2D eigenvalue weighted by molar-refractivity contribution is -0.121. The van der Waals surface area contributed by atoms with Crippen molar-refractivity contribution >= 4 is 5.91 Å². The lowest BCUT2D eigenvalue weighted by Crippen LogP contribution is -2.43. The Balaban J connectivity index is 1.88. The van der Waals surface area contributed by atoms with Crippen LogP contribution in [0, 0.1) is 0 Å². The van der Waals surface area contributed by atoms with E-state index in [1.807, 2.05) is 30.3 Å². The first-order valence-electron chi connectivity index (χ1n) is 5.29. The molecule has 1 aliphatic rings. The first-order chi connectivity index (χ1) is 7.24. The Bertz CT molecular complexity index is 344. The third kappa shape index (κ3) is 2.57. The zero-order chi connectivity index (χ0) is 10.7. The topological polar surface area (TPSA) is 55.1 Å². The molecule has 0 saturated heterocycles. The van der Waals surface area contributed by atoms with Crippen molar-refractivity contribution < 1.29 is 4.79 Å². The van der Waals surface area contributed by atoms with Crippen molar-refractivity contribution in [2.24, 2.45) is 5.73 Å². The first kappa shape index (κ1) is 10.2. The van der Waals surface area contributed by atoms with Gasteiger partial charge in [-0.05, 0) is 18.4 Å². The molecule has 80 valence electrons. The fourth-order valence-corrected chi connectivity index (χ4v) is 1.65. The fourth-order valence-electron chi connectivity index (χ4n) is 1.65. The molecule has 1 fully saturated rings. The van der Waals surface area contributed by atoms with Crippen molar-refractivity contribution in [3.05, 3.63) is 35.9 Å². The van der Waals surface area contributed by atoms with Crippen LogP contribution >= 0.6 is 0 Å². The zero-order valence-electron chi connectivity index (χ0n) is 8.70. The minimum atomic E-state index is -0.0775. The highest BCUT2D eigenvalue weighted by Crippen LogP contribution is 2.33. The molecule has 0 spiro atoms. The molecule has 3 N–H and O–H groups in total. The second-order valence-electron chi connectivity index (χ2n) is 4.20. The van der Waals surface area contributed by atoms with Gasteiger partial charge in [0.15, 0.2) is 0 Å². The van der Waals surface area contributed by atoms with Crippen LogP contribution in [0.25, 0.3) is 0 Å². The van der Waals surface area contributed by atoms with E-state index in [-0.39, 0.29) is 11.4 Å².